The summed E-state index contributed by atoms with van der Waals surface area (Å²) < 4.78 is 12.9. The van der Waals surface area contributed by atoms with E-state index < -0.39 is 0 Å². The molecule has 0 unspecified atom stereocenters. The molecule has 1 amide bonds. The predicted molar refractivity (Wildman–Crippen MR) is 70.4 cm³/mol. The van der Waals surface area contributed by atoms with Crippen molar-refractivity contribution in [3.63, 3.8) is 0 Å². The van der Waals surface area contributed by atoms with Crippen LogP contribution in [0.5, 0.6) is 0 Å². The first kappa shape index (κ1) is 14.4. The lowest BCUT2D eigenvalue weighted by Crippen LogP contribution is -2.36. The Kier molecular flexibility index (Phi) is 5.58. The van der Waals surface area contributed by atoms with Crippen molar-refractivity contribution in [2.45, 2.75) is 20.4 Å². The number of hydrogen-bond acceptors (Lipinski definition) is 3. The van der Waals surface area contributed by atoms with Gasteiger partial charge in [0.1, 0.15) is 5.82 Å². The summed E-state index contributed by atoms with van der Waals surface area (Å²) >= 11 is 0. The number of anilines is 1. The molecule has 0 saturated heterocycles. The van der Waals surface area contributed by atoms with Crippen LogP contribution in [0.3, 0.4) is 0 Å². The summed E-state index contributed by atoms with van der Waals surface area (Å²) in [4.78, 5) is 13.5. The highest BCUT2D eigenvalue weighted by Gasteiger charge is 2.10. The average molecular weight is 253 g/mol. The Morgan fingerprint density at radius 2 is 2.17 bits per heavy atom. The van der Waals surface area contributed by atoms with Crippen molar-refractivity contribution in [2.75, 3.05) is 25.4 Å². The van der Waals surface area contributed by atoms with E-state index in [-0.39, 0.29) is 11.7 Å². The molecular formula is C13H20FN3O. The summed E-state index contributed by atoms with van der Waals surface area (Å²) in [5.74, 6) is -0.358. The molecule has 0 bridgehead atoms. The number of hydrogen-bond donors (Lipinski definition) is 2. The Hall–Kier alpha value is -1.62. The predicted octanol–water partition coefficient (Wildman–Crippen LogP) is 1.37. The molecule has 0 radical (unpaired) electrons. The molecule has 0 atom stereocenters. The van der Waals surface area contributed by atoms with Gasteiger partial charge >= 0.3 is 0 Å². The summed E-state index contributed by atoms with van der Waals surface area (Å²) in [6.45, 7) is 6.06. The van der Waals surface area contributed by atoms with Gasteiger partial charge in [0.25, 0.3) is 0 Å². The Balaban J connectivity index is 2.65. The first-order valence-electron chi connectivity index (χ1n) is 6.09. The highest BCUT2D eigenvalue weighted by molar-refractivity contribution is 5.77. The van der Waals surface area contributed by atoms with Crippen LogP contribution in [-0.4, -0.2) is 30.4 Å². The number of carbonyl (C=O) groups excluding carboxylic acids is 1. The van der Waals surface area contributed by atoms with Crippen LogP contribution in [0.4, 0.5) is 10.1 Å². The third-order valence-corrected chi connectivity index (χ3v) is 2.69. The molecule has 0 aliphatic carbocycles. The number of likely N-dealkylation sites (N-methyl/N-ethyl adjacent to an activating group) is 2. The second-order valence-corrected chi connectivity index (χ2v) is 4.10. The van der Waals surface area contributed by atoms with Gasteiger partial charge in [-0.25, -0.2) is 4.39 Å². The van der Waals surface area contributed by atoms with E-state index >= 15 is 0 Å². The van der Waals surface area contributed by atoms with E-state index in [1.165, 1.54) is 12.1 Å². The Bertz CT molecular complexity index is 409. The maximum absolute atomic E-state index is 12.9. The monoisotopic (exact) mass is 253 g/mol. The number of carbonyl (C=O) groups is 1. The molecule has 1 aromatic rings. The van der Waals surface area contributed by atoms with Crippen molar-refractivity contribution in [2.24, 2.45) is 0 Å². The standard InChI is InChI=1S/C13H20FN3O/c1-3-16-13(18)9-17(4-2)8-10-5-6-11(14)7-12(10)15/h5-7H,3-4,8-9,15H2,1-2H3,(H,16,18). The fourth-order valence-corrected chi connectivity index (χ4v) is 1.69. The molecule has 18 heavy (non-hydrogen) atoms. The molecule has 0 aliphatic heterocycles. The van der Waals surface area contributed by atoms with Crippen LogP contribution in [0.25, 0.3) is 0 Å². The molecule has 0 heterocycles. The molecule has 0 saturated carbocycles. The molecule has 100 valence electrons. The number of nitrogens with one attached hydrogen (secondary N) is 1. The van der Waals surface area contributed by atoms with Crippen molar-refractivity contribution in [1.82, 2.24) is 10.2 Å². The Labute approximate surface area is 107 Å². The summed E-state index contributed by atoms with van der Waals surface area (Å²) in [6.07, 6.45) is 0. The second-order valence-electron chi connectivity index (χ2n) is 4.10. The lowest BCUT2D eigenvalue weighted by atomic mass is 10.1. The van der Waals surface area contributed by atoms with E-state index in [4.69, 9.17) is 5.73 Å². The van der Waals surface area contributed by atoms with Crippen molar-refractivity contribution in [1.29, 1.82) is 0 Å². The number of rotatable bonds is 6. The number of nitrogen functional groups attached to an aromatic ring is 1. The molecule has 0 aromatic heterocycles. The van der Waals surface area contributed by atoms with E-state index in [0.29, 0.717) is 25.3 Å². The van der Waals surface area contributed by atoms with Crippen LogP contribution in [0, 0.1) is 5.82 Å². The van der Waals surface area contributed by atoms with E-state index in [9.17, 15) is 9.18 Å². The number of nitrogens with zero attached hydrogens (tertiary/aromatic N) is 1. The molecule has 0 spiro atoms. The van der Waals surface area contributed by atoms with Crippen molar-refractivity contribution >= 4 is 11.6 Å². The van der Waals surface area contributed by atoms with Gasteiger partial charge in [-0.05, 0) is 31.2 Å². The van der Waals surface area contributed by atoms with Gasteiger partial charge in [0, 0.05) is 18.8 Å². The SMILES string of the molecule is CCNC(=O)CN(CC)Cc1ccc(F)cc1N. The lowest BCUT2D eigenvalue weighted by molar-refractivity contribution is -0.122. The van der Waals surface area contributed by atoms with Gasteiger partial charge in [0.05, 0.1) is 6.54 Å². The van der Waals surface area contributed by atoms with Crippen molar-refractivity contribution in [3.05, 3.63) is 29.6 Å². The zero-order valence-corrected chi connectivity index (χ0v) is 10.9. The third-order valence-electron chi connectivity index (χ3n) is 2.69. The molecular weight excluding hydrogens is 233 g/mol. The fraction of sp³-hybridized carbons (Fsp3) is 0.462. The van der Waals surface area contributed by atoms with E-state index in [0.717, 1.165) is 12.1 Å². The van der Waals surface area contributed by atoms with Crippen LogP contribution in [-0.2, 0) is 11.3 Å². The molecule has 0 fully saturated rings. The molecule has 4 nitrogen and oxygen atoms in total. The zero-order valence-electron chi connectivity index (χ0n) is 10.9. The molecule has 3 N–H and O–H groups in total. The maximum Gasteiger partial charge on any atom is 0.234 e. The molecule has 1 aromatic carbocycles. The number of halogens is 1. The fourth-order valence-electron chi connectivity index (χ4n) is 1.69. The van der Waals surface area contributed by atoms with Gasteiger partial charge in [-0.3, -0.25) is 9.69 Å². The van der Waals surface area contributed by atoms with Crippen LogP contribution in [0.1, 0.15) is 19.4 Å². The zero-order chi connectivity index (χ0) is 13.5. The van der Waals surface area contributed by atoms with Crippen LogP contribution >= 0.6 is 0 Å². The normalized spacial score (nSPS) is 10.7. The minimum atomic E-state index is -0.344. The van der Waals surface area contributed by atoms with Gasteiger partial charge in [0.2, 0.25) is 5.91 Å². The summed E-state index contributed by atoms with van der Waals surface area (Å²) in [5.41, 5.74) is 7.00. The highest BCUT2D eigenvalue weighted by Crippen LogP contribution is 2.15. The Morgan fingerprint density at radius 1 is 1.44 bits per heavy atom. The number of amides is 1. The largest absolute Gasteiger partial charge is 0.398 e. The van der Waals surface area contributed by atoms with Gasteiger partial charge in [-0.15, -0.1) is 0 Å². The molecule has 5 heteroatoms. The Morgan fingerprint density at radius 3 is 2.72 bits per heavy atom. The summed E-state index contributed by atoms with van der Waals surface area (Å²) in [7, 11) is 0. The third kappa shape index (κ3) is 4.33. The highest BCUT2D eigenvalue weighted by atomic mass is 19.1. The van der Waals surface area contributed by atoms with E-state index in [1.54, 1.807) is 6.07 Å². The van der Waals surface area contributed by atoms with Gasteiger partial charge in [-0.1, -0.05) is 13.0 Å². The maximum atomic E-state index is 12.9. The van der Waals surface area contributed by atoms with Crippen LogP contribution < -0.4 is 11.1 Å². The van der Waals surface area contributed by atoms with Gasteiger partial charge in [0.15, 0.2) is 0 Å². The summed E-state index contributed by atoms with van der Waals surface area (Å²) in [5, 5.41) is 2.75. The topological polar surface area (TPSA) is 58.4 Å². The smallest absolute Gasteiger partial charge is 0.234 e. The van der Waals surface area contributed by atoms with Crippen LogP contribution in [0.2, 0.25) is 0 Å². The number of benzene rings is 1. The van der Waals surface area contributed by atoms with Crippen molar-refractivity contribution < 1.29 is 9.18 Å². The molecule has 0 aliphatic rings. The molecule has 1 rings (SSSR count). The minimum Gasteiger partial charge on any atom is -0.398 e. The van der Waals surface area contributed by atoms with Crippen LogP contribution in [0.15, 0.2) is 18.2 Å². The second kappa shape index (κ2) is 6.96. The quantitative estimate of drug-likeness (QED) is 0.753. The minimum absolute atomic E-state index is 0.0139. The summed E-state index contributed by atoms with van der Waals surface area (Å²) in [6, 6.07) is 4.34. The van der Waals surface area contributed by atoms with Gasteiger partial charge < -0.3 is 11.1 Å². The lowest BCUT2D eigenvalue weighted by Gasteiger charge is -2.20. The van der Waals surface area contributed by atoms with Gasteiger partial charge in [-0.2, -0.15) is 0 Å². The first-order valence-corrected chi connectivity index (χ1v) is 6.09. The van der Waals surface area contributed by atoms with Crippen molar-refractivity contribution in [3.8, 4) is 0 Å². The average Bonchev–Trinajstić information content (AvgIpc) is 2.31. The number of nitrogens with two attached hydrogens (primary N) is 1. The first-order chi connectivity index (χ1) is 8.56. The van der Waals surface area contributed by atoms with E-state index in [2.05, 4.69) is 5.32 Å². The van der Waals surface area contributed by atoms with E-state index in [1.807, 2.05) is 18.7 Å².